The molecule has 1 amide bonds. The molecule has 0 saturated heterocycles. The predicted molar refractivity (Wildman–Crippen MR) is 100 cm³/mol. The van der Waals surface area contributed by atoms with E-state index in [1.807, 2.05) is 47.8 Å². The number of aromatic nitrogens is 1. The monoisotopic (exact) mass is 372 g/mol. The van der Waals surface area contributed by atoms with Crippen LogP contribution in [0.1, 0.15) is 17.4 Å². The molecule has 0 fully saturated rings. The van der Waals surface area contributed by atoms with Crippen LogP contribution in [0, 0.1) is 0 Å². The van der Waals surface area contributed by atoms with Gasteiger partial charge in [0, 0.05) is 18.1 Å². The van der Waals surface area contributed by atoms with Gasteiger partial charge in [0.25, 0.3) is 5.91 Å². The molecule has 5 nitrogen and oxygen atoms in total. The summed E-state index contributed by atoms with van der Waals surface area (Å²) >= 11 is 2.93. The highest BCUT2D eigenvalue weighted by Crippen LogP contribution is 2.28. The molecule has 0 N–H and O–H groups in total. The van der Waals surface area contributed by atoms with E-state index in [1.165, 1.54) is 16.2 Å². The molecule has 0 aliphatic heterocycles. The Hall–Kier alpha value is -2.51. The topological polar surface area (TPSA) is 59.5 Å². The van der Waals surface area contributed by atoms with Crippen LogP contribution >= 0.6 is 22.7 Å². The number of nitrogens with zero attached hydrogens (tertiary/aromatic N) is 2. The van der Waals surface area contributed by atoms with Gasteiger partial charge in [0.15, 0.2) is 11.8 Å². The summed E-state index contributed by atoms with van der Waals surface area (Å²) in [6, 6.07) is 13.1. The number of rotatable bonds is 5. The Morgan fingerprint density at radius 2 is 1.88 bits per heavy atom. The van der Waals surface area contributed by atoms with Gasteiger partial charge in [-0.2, -0.15) is 0 Å². The van der Waals surface area contributed by atoms with E-state index in [2.05, 4.69) is 4.98 Å². The molecular weight excluding hydrogens is 356 g/mol. The minimum Gasteiger partial charge on any atom is -0.448 e. The van der Waals surface area contributed by atoms with Gasteiger partial charge in [0.1, 0.15) is 5.01 Å². The first-order chi connectivity index (χ1) is 12.1. The second kappa shape index (κ2) is 7.58. The van der Waals surface area contributed by atoms with Gasteiger partial charge in [0.05, 0.1) is 4.88 Å². The lowest BCUT2D eigenvalue weighted by Gasteiger charge is -2.21. The van der Waals surface area contributed by atoms with Gasteiger partial charge < -0.3 is 9.64 Å². The van der Waals surface area contributed by atoms with Crippen molar-refractivity contribution in [2.45, 2.75) is 13.0 Å². The van der Waals surface area contributed by atoms with Crippen LogP contribution in [0.2, 0.25) is 0 Å². The average Bonchev–Trinajstić information content (AvgIpc) is 3.32. The Bertz CT molecular complexity index is 860. The number of hydrogen-bond acceptors (Lipinski definition) is 6. The maximum Gasteiger partial charge on any atom is 0.358 e. The molecule has 0 bridgehead atoms. The van der Waals surface area contributed by atoms with Crippen molar-refractivity contribution in [1.82, 2.24) is 4.98 Å². The molecule has 1 unspecified atom stereocenters. The predicted octanol–water partition coefficient (Wildman–Crippen LogP) is 4.08. The second-order valence-electron chi connectivity index (χ2n) is 5.30. The van der Waals surface area contributed by atoms with E-state index in [0.717, 1.165) is 15.6 Å². The van der Waals surface area contributed by atoms with Crippen molar-refractivity contribution in [3.8, 4) is 9.88 Å². The van der Waals surface area contributed by atoms with Crippen LogP contribution in [0.25, 0.3) is 9.88 Å². The fourth-order valence-corrected chi connectivity index (χ4v) is 3.81. The molecule has 3 aromatic rings. The standard InChI is InChI=1S/C18H16N2O3S2/c1-12(17(21)20(2)13-7-4-3-5-8-13)23-18(22)14-11-25-16(19-14)15-9-6-10-24-15/h3-12H,1-2H3. The summed E-state index contributed by atoms with van der Waals surface area (Å²) in [7, 11) is 1.65. The number of para-hydroxylation sites is 1. The van der Waals surface area contributed by atoms with Crippen LogP contribution < -0.4 is 4.90 Å². The van der Waals surface area contributed by atoms with Gasteiger partial charge in [-0.25, -0.2) is 9.78 Å². The number of likely N-dealkylation sites (N-methyl/N-ethyl adjacent to an activating group) is 1. The summed E-state index contributed by atoms with van der Waals surface area (Å²) in [6.45, 7) is 1.56. The first kappa shape index (κ1) is 17.3. The molecule has 0 saturated carbocycles. The quantitative estimate of drug-likeness (QED) is 0.633. The van der Waals surface area contributed by atoms with Crippen LogP contribution in [-0.4, -0.2) is 30.0 Å². The zero-order valence-electron chi connectivity index (χ0n) is 13.7. The highest BCUT2D eigenvalue weighted by molar-refractivity contribution is 7.20. The molecule has 1 atom stereocenters. The van der Waals surface area contributed by atoms with Gasteiger partial charge >= 0.3 is 5.97 Å². The lowest BCUT2D eigenvalue weighted by molar-refractivity contribution is -0.126. The molecule has 0 aliphatic rings. The van der Waals surface area contributed by atoms with E-state index in [9.17, 15) is 9.59 Å². The third-order valence-corrected chi connectivity index (χ3v) is 5.43. The molecular formula is C18H16N2O3S2. The number of carbonyl (C=O) groups excluding carboxylic acids is 2. The minimum absolute atomic E-state index is 0.218. The number of thiophene rings is 1. The van der Waals surface area contributed by atoms with Crippen LogP contribution in [0.5, 0.6) is 0 Å². The molecule has 2 heterocycles. The van der Waals surface area contributed by atoms with Gasteiger partial charge in [-0.05, 0) is 30.5 Å². The van der Waals surface area contributed by atoms with E-state index in [1.54, 1.807) is 30.7 Å². The summed E-state index contributed by atoms with van der Waals surface area (Å²) in [5.74, 6) is -0.894. The minimum atomic E-state index is -0.899. The first-order valence-electron chi connectivity index (χ1n) is 7.59. The smallest absolute Gasteiger partial charge is 0.358 e. The average molecular weight is 372 g/mol. The van der Waals surface area contributed by atoms with Gasteiger partial charge in [0.2, 0.25) is 0 Å². The molecule has 25 heavy (non-hydrogen) atoms. The van der Waals surface area contributed by atoms with E-state index in [-0.39, 0.29) is 11.6 Å². The third kappa shape index (κ3) is 3.94. The van der Waals surface area contributed by atoms with Crippen molar-refractivity contribution in [3.05, 3.63) is 58.9 Å². The highest BCUT2D eigenvalue weighted by Gasteiger charge is 2.24. The van der Waals surface area contributed by atoms with Gasteiger partial charge in [-0.15, -0.1) is 22.7 Å². The lowest BCUT2D eigenvalue weighted by Crippen LogP contribution is -2.37. The zero-order chi connectivity index (χ0) is 17.8. The van der Waals surface area contributed by atoms with Gasteiger partial charge in [-0.1, -0.05) is 24.3 Å². The largest absolute Gasteiger partial charge is 0.448 e. The van der Waals surface area contributed by atoms with Crippen LogP contribution in [0.4, 0.5) is 5.69 Å². The van der Waals surface area contributed by atoms with Gasteiger partial charge in [-0.3, -0.25) is 4.79 Å². The molecule has 0 radical (unpaired) electrons. The molecule has 2 aromatic heterocycles. The normalized spacial score (nSPS) is 11.8. The number of thiazole rings is 1. The summed E-state index contributed by atoms with van der Waals surface area (Å²) in [4.78, 5) is 31.5. The molecule has 128 valence electrons. The number of carbonyl (C=O) groups is 2. The fraction of sp³-hybridized carbons (Fsp3) is 0.167. The molecule has 0 aliphatic carbocycles. The van der Waals surface area contributed by atoms with E-state index < -0.39 is 12.1 Å². The summed E-state index contributed by atoms with van der Waals surface area (Å²) in [5.41, 5.74) is 0.958. The maximum absolute atomic E-state index is 12.4. The van der Waals surface area contributed by atoms with Crippen molar-refractivity contribution in [3.63, 3.8) is 0 Å². The van der Waals surface area contributed by atoms with Crippen molar-refractivity contribution in [1.29, 1.82) is 0 Å². The Morgan fingerprint density at radius 3 is 2.56 bits per heavy atom. The number of benzene rings is 1. The third-order valence-electron chi connectivity index (χ3n) is 3.55. The fourth-order valence-electron chi connectivity index (χ4n) is 2.20. The van der Waals surface area contributed by atoms with Crippen molar-refractivity contribution in [2.75, 3.05) is 11.9 Å². The highest BCUT2D eigenvalue weighted by atomic mass is 32.1. The van der Waals surface area contributed by atoms with Crippen LogP contribution in [0.15, 0.2) is 53.2 Å². The Morgan fingerprint density at radius 1 is 1.12 bits per heavy atom. The number of anilines is 1. The summed E-state index contributed by atoms with van der Waals surface area (Å²) < 4.78 is 5.29. The maximum atomic E-state index is 12.4. The zero-order valence-corrected chi connectivity index (χ0v) is 15.3. The van der Waals surface area contributed by atoms with Crippen LogP contribution in [-0.2, 0) is 9.53 Å². The molecule has 3 rings (SSSR count). The number of amides is 1. The first-order valence-corrected chi connectivity index (χ1v) is 9.35. The van der Waals surface area contributed by atoms with Crippen LogP contribution in [0.3, 0.4) is 0 Å². The van der Waals surface area contributed by atoms with Crippen molar-refractivity contribution >= 4 is 40.2 Å². The molecule has 1 aromatic carbocycles. The van der Waals surface area contributed by atoms with Crippen molar-refractivity contribution in [2.24, 2.45) is 0 Å². The van der Waals surface area contributed by atoms with Crippen molar-refractivity contribution < 1.29 is 14.3 Å². The SMILES string of the molecule is CC(OC(=O)c1csc(-c2cccs2)n1)C(=O)N(C)c1ccccc1. The van der Waals surface area contributed by atoms with E-state index >= 15 is 0 Å². The number of esters is 1. The number of ether oxygens (including phenoxy) is 1. The second-order valence-corrected chi connectivity index (χ2v) is 7.10. The molecule has 7 heteroatoms. The van der Waals surface area contributed by atoms with E-state index in [4.69, 9.17) is 4.74 Å². The summed E-state index contributed by atoms with van der Waals surface area (Å²) in [6.07, 6.45) is -0.899. The Kier molecular flexibility index (Phi) is 5.25. The Balaban J connectivity index is 1.65. The molecule has 0 spiro atoms. The lowest BCUT2D eigenvalue weighted by atomic mass is 10.2. The Labute approximate surface area is 153 Å². The number of hydrogen-bond donors (Lipinski definition) is 0. The summed E-state index contributed by atoms with van der Waals surface area (Å²) in [5, 5.41) is 4.37. The van der Waals surface area contributed by atoms with E-state index in [0.29, 0.717) is 0 Å².